The van der Waals surface area contributed by atoms with Gasteiger partial charge in [0.2, 0.25) is 0 Å². The minimum absolute atomic E-state index is 0.177. The van der Waals surface area contributed by atoms with Crippen molar-refractivity contribution in [2.75, 3.05) is 18.5 Å². The van der Waals surface area contributed by atoms with Crippen LogP contribution >= 0.6 is 0 Å². The molecule has 0 radical (unpaired) electrons. The van der Waals surface area contributed by atoms with Crippen LogP contribution in [0.4, 0.5) is 18.9 Å². The third-order valence-corrected chi connectivity index (χ3v) is 2.86. The lowest BCUT2D eigenvalue weighted by Crippen LogP contribution is -2.26. The Balaban J connectivity index is 2.17. The molecule has 0 aliphatic heterocycles. The van der Waals surface area contributed by atoms with Gasteiger partial charge >= 0.3 is 0 Å². The van der Waals surface area contributed by atoms with Crippen molar-refractivity contribution in [3.63, 3.8) is 0 Å². The van der Waals surface area contributed by atoms with Gasteiger partial charge in [0, 0.05) is 12.7 Å². The molecule has 0 fully saturated rings. The number of likely N-dealkylation sites (N-methyl/N-ethyl adjacent to an activating group) is 1. The number of hydrogen-bond donors (Lipinski definition) is 0. The summed E-state index contributed by atoms with van der Waals surface area (Å²) in [4.78, 5) is 13.4. The first-order valence-electron chi connectivity index (χ1n) is 5.92. The highest BCUT2D eigenvalue weighted by Gasteiger charge is 2.15. The lowest BCUT2D eigenvalue weighted by atomic mass is 10.1. The summed E-state index contributed by atoms with van der Waals surface area (Å²) in [6, 6.07) is 8.39. The average Bonchev–Trinajstić information content (AvgIpc) is 2.41. The number of carbonyl (C=O) groups excluding carboxylic acids is 1. The van der Waals surface area contributed by atoms with Crippen molar-refractivity contribution in [1.82, 2.24) is 0 Å². The first-order chi connectivity index (χ1) is 9.47. The minimum Gasteiger partial charge on any atom is -0.367 e. The number of Topliss-reactive ketones (excluding diaryl/α,β-unsaturated/α-hetero) is 1. The summed E-state index contributed by atoms with van der Waals surface area (Å²) in [7, 11) is 1.57. The molecule has 0 unspecified atom stereocenters. The molecule has 0 aromatic heterocycles. The van der Waals surface area contributed by atoms with Crippen LogP contribution in [0.1, 0.15) is 10.4 Å². The van der Waals surface area contributed by atoms with E-state index in [4.69, 9.17) is 0 Å². The molecule has 0 aliphatic carbocycles. The molecule has 0 spiro atoms. The fourth-order valence-corrected chi connectivity index (χ4v) is 1.82. The summed E-state index contributed by atoms with van der Waals surface area (Å²) in [5.74, 6) is -2.46. The molecule has 5 heteroatoms. The van der Waals surface area contributed by atoms with Gasteiger partial charge in [0.05, 0.1) is 12.1 Å². The molecule has 20 heavy (non-hydrogen) atoms. The van der Waals surface area contributed by atoms with E-state index in [0.29, 0.717) is 5.69 Å². The maximum atomic E-state index is 13.5. The van der Waals surface area contributed by atoms with Gasteiger partial charge in [-0.2, -0.15) is 0 Å². The summed E-state index contributed by atoms with van der Waals surface area (Å²) in [6.07, 6.45) is 0. The van der Waals surface area contributed by atoms with Gasteiger partial charge < -0.3 is 4.90 Å². The van der Waals surface area contributed by atoms with E-state index >= 15 is 0 Å². The standard InChI is InChI=1S/C15H12F3NO/c1-19(12-4-2-3-10(16)7-12)9-15(20)13-8-11(17)5-6-14(13)18/h2-8H,9H2,1H3. The van der Waals surface area contributed by atoms with E-state index in [1.807, 2.05) is 0 Å². The molecule has 2 aromatic rings. The van der Waals surface area contributed by atoms with Crippen LogP contribution in [0.25, 0.3) is 0 Å². The smallest absolute Gasteiger partial charge is 0.185 e. The first kappa shape index (κ1) is 14.1. The minimum atomic E-state index is -0.774. The van der Waals surface area contributed by atoms with E-state index in [2.05, 4.69) is 0 Å². The van der Waals surface area contributed by atoms with Crippen LogP contribution in [-0.4, -0.2) is 19.4 Å². The van der Waals surface area contributed by atoms with Crippen molar-refractivity contribution in [3.8, 4) is 0 Å². The maximum Gasteiger partial charge on any atom is 0.185 e. The van der Waals surface area contributed by atoms with Crippen LogP contribution in [-0.2, 0) is 0 Å². The van der Waals surface area contributed by atoms with Crippen LogP contribution in [0.3, 0.4) is 0 Å². The molecule has 2 nitrogen and oxygen atoms in total. The maximum absolute atomic E-state index is 13.5. The summed E-state index contributed by atoms with van der Waals surface area (Å²) in [5, 5.41) is 0. The number of carbonyl (C=O) groups is 1. The van der Waals surface area contributed by atoms with E-state index in [-0.39, 0.29) is 12.1 Å². The number of anilines is 1. The second-order valence-electron chi connectivity index (χ2n) is 4.38. The van der Waals surface area contributed by atoms with Crippen LogP contribution in [0.5, 0.6) is 0 Å². The number of hydrogen-bond acceptors (Lipinski definition) is 2. The number of nitrogens with zero attached hydrogens (tertiary/aromatic N) is 1. The first-order valence-corrected chi connectivity index (χ1v) is 5.92. The molecule has 0 aliphatic rings. The molecule has 104 valence electrons. The molecule has 0 saturated carbocycles. The molecule has 0 N–H and O–H groups in total. The van der Waals surface area contributed by atoms with Crippen molar-refractivity contribution in [3.05, 3.63) is 65.5 Å². The van der Waals surface area contributed by atoms with Gasteiger partial charge in [-0.15, -0.1) is 0 Å². The highest BCUT2D eigenvalue weighted by atomic mass is 19.1. The molecule has 0 heterocycles. The van der Waals surface area contributed by atoms with E-state index in [9.17, 15) is 18.0 Å². The fourth-order valence-electron chi connectivity index (χ4n) is 1.82. The Bertz CT molecular complexity index is 643. The van der Waals surface area contributed by atoms with Crippen LogP contribution in [0.2, 0.25) is 0 Å². The Kier molecular flexibility index (Phi) is 4.08. The number of benzene rings is 2. The Labute approximate surface area is 114 Å². The van der Waals surface area contributed by atoms with Crippen molar-refractivity contribution >= 4 is 11.5 Å². The van der Waals surface area contributed by atoms with Crippen molar-refractivity contribution in [2.24, 2.45) is 0 Å². The SMILES string of the molecule is CN(CC(=O)c1cc(F)ccc1F)c1cccc(F)c1. The summed E-state index contributed by atoms with van der Waals surface area (Å²) in [5.41, 5.74) is 0.170. The van der Waals surface area contributed by atoms with E-state index < -0.39 is 23.2 Å². The lowest BCUT2D eigenvalue weighted by molar-refractivity contribution is 0.0996. The van der Waals surface area contributed by atoms with Crippen molar-refractivity contribution in [2.45, 2.75) is 0 Å². The van der Waals surface area contributed by atoms with Gasteiger partial charge in [0.15, 0.2) is 5.78 Å². The second-order valence-corrected chi connectivity index (χ2v) is 4.38. The molecular formula is C15H12F3NO. The third kappa shape index (κ3) is 3.17. The largest absolute Gasteiger partial charge is 0.367 e. The van der Waals surface area contributed by atoms with Gasteiger partial charge in [0.1, 0.15) is 17.5 Å². The highest BCUT2D eigenvalue weighted by Crippen LogP contribution is 2.16. The highest BCUT2D eigenvalue weighted by molar-refractivity contribution is 5.99. The summed E-state index contributed by atoms with van der Waals surface area (Å²) in [6.45, 7) is -0.177. The number of rotatable bonds is 4. The molecule has 2 aromatic carbocycles. The molecule has 2 rings (SSSR count). The van der Waals surface area contributed by atoms with Crippen LogP contribution < -0.4 is 4.90 Å². The zero-order valence-corrected chi connectivity index (χ0v) is 10.7. The zero-order valence-electron chi connectivity index (χ0n) is 10.7. The van der Waals surface area contributed by atoms with Crippen molar-refractivity contribution < 1.29 is 18.0 Å². The Morgan fingerprint density at radius 2 is 1.75 bits per heavy atom. The van der Waals surface area contributed by atoms with Gasteiger partial charge in [-0.05, 0) is 36.4 Å². The molecule has 0 amide bonds. The Hall–Kier alpha value is -2.30. The molecule has 0 atom stereocenters. The van der Waals surface area contributed by atoms with Crippen LogP contribution in [0.15, 0.2) is 42.5 Å². The second kappa shape index (κ2) is 5.77. The number of ketones is 1. The van der Waals surface area contributed by atoms with E-state index in [1.165, 1.54) is 23.1 Å². The fraction of sp³-hybridized carbons (Fsp3) is 0.133. The molecule has 0 bridgehead atoms. The van der Waals surface area contributed by atoms with Gasteiger partial charge in [-0.1, -0.05) is 6.07 Å². The van der Waals surface area contributed by atoms with E-state index in [0.717, 1.165) is 18.2 Å². The van der Waals surface area contributed by atoms with Crippen LogP contribution in [0, 0.1) is 17.5 Å². The Morgan fingerprint density at radius 3 is 2.45 bits per heavy atom. The predicted octanol–water partition coefficient (Wildman–Crippen LogP) is 3.42. The van der Waals surface area contributed by atoms with Gasteiger partial charge in [0.25, 0.3) is 0 Å². The quantitative estimate of drug-likeness (QED) is 0.799. The monoisotopic (exact) mass is 279 g/mol. The van der Waals surface area contributed by atoms with Gasteiger partial charge in [-0.25, -0.2) is 13.2 Å². The van der Waals surface area contributed by atoms with Crippen molar-refractivity contribution in [1.29, 1.82) is 0 Å². The summed E-state index contributed by atoms with van der Waals surface area (Å²) < 4.78 is 39.6. The topological polar surface area (TPSA) is 20.3 Å². The molecule has 0 saturated heterocycles. The average molecular weight is 279 g/mol. The van der Waals surface area contributed by atoms with E-state index in [1.54, 1.807) is 13.1 Å². The normalized spacial score (nSPS) is 10.4. The Morgan fingerprint density at radius 1 is 1.05 bits per heavy atom. The predicted molar refractivity (Wildman–Crippen MR) is 70.4 cm³/mol. The summed E-state index contributed by atoms with van der Waals surface area (Å²) >= 11 is 0. The zero-order chi connectivity index (χ0) is 14.7. The number of halogens is 3. The molecular weight excluding hydrogens is 267 g/mol. The third-order valence-electron chi connectivity index (χ3n) is 2.86. The van der Waals surface area contributed by atoms with Gasteiger partial charge in [-0.3, -0.25) is 4.79 Å². The lowest BCUT2D eigenvalue weighted by Gasteiger charge is -2.18.